The smallest absolute Gasteiger partial charge is 0.120 e. The predicted molar refractivity (Wildman–Crippen MR) is 86.1 cm³/mol. The molecule has 0 N–H and O–H groups in total. The van der Waals surface area contributed by atoms with E-state index < -0.39 is 0 Å². The van der Waals surface area contributed by atoms with Gasteiger partial charge in [-0.25, -0.2) is 0 Å². The second-order valence-electron chi connectivity index (χ2n) is 6.01. The number of halogens is 2. The first kappa shape index (κ1) is 13.9. The summed E-state index contributed by atoms with van der Waals surface area (Å²) in [6.45, 7) is 2.11. The molecule has 0 saturated heterocycles. The standard InChI is InChI=1S/C16H20Br2O/c1-11-9-12(5-6-13(11)17)19-15-10-14(18)16(15)7-3-2-4-8-16/h5-6,9,14-15H,2-4,7-8,10H2,1H3. The van der Waals surface area contributed by atoms with Crippen LogP contribution in [-0.2, 0) is 0 Å². The van der Waals surface area contributed by atoms with Crippen molar-refractivity contribution in [2.24, 2.45) is 5.41 Å². The lowest BCUT2D eigenvalue weighted by atomic mass is 9.58. The highest BCUT2D eigenvalue weighted by Gasteiger charge is 2.55. The molecule has 2 atom stereocenters. The molecule has 0 amide bonds. The van der Waals surface area contributed by atoms with Crippen molar-refractivity contribution < 1.29 is 4.74 Å². The maximum atomic E-state index is 6.30. The van der Waals surface area contributed by atoms with E-state index in [0.717, 1.165) is 16.6 Å². The van der Waals surface area contributed by atoms with E-state index in [0.29, 0.717) is 16.3 Å². The maximum absolute atomic E-state index is 6.30. The summed E-state index contributed by atoms with van der Waals surface area (Å²) in [5.41, 5.74) is 1.64. The van der Waals surface area contributed by atoms with Crippen molar-refractivity contribution in [1.29, 1.82) is 0 Å². The van der Waals surface area contributed by atoms with Gasteiger partial charge in [0.05, 0.1) is 0 Å². The zero-order valence-electron chi connectivity index (χ0n) is 11.3. The monoisotopic (exact) mass is 386 g/mol. The van der Waals surface area contributed by atoms with Crippen molar-refractivity contribution in [3.8, 4) is 5.75 Å². The molecule has 19 heavy (non-hydrogen) atoms. The van der Waals surface area contributed by atoms with E-state index in [1.165, 1.54) is 37.7 Å². The van der Waals surface area contributed by atoms with Gasteiger partial charge in [0.25, 0.3) is 0 Å². The number of hydrogen-bond acceptors (Lipinski definition) is 1. The number of alkyl halides is 1. The van der Waals surface area contributed by atoms with E-state index >= 15 is 0 Å². The van der Waals surface area contributed by atoms with Crippen molar-refractivity contribution in [3.05, 3.63) is 28.2 Å². The molecule has 0 aliphatic heterocycles. The van der Waals surface area contributed by atoms with E-state index in [1.807, 2.05) is 0 Å². The fraction of sp³-hybridized carbons (Fsp3) is 0.625. The first-order valence-electron chi connectivity index (χ1n) is 7.19. The minimum atomic E-state index is 0.401. The van der Waals surface area contributed by atoms with Crippen LogP contribution in [0.2, 0.25) is 0 Å². The molecule has 1 aromatic rings. The summed E-state index contributed by atoms with van der Waals surface area (Å²) in [7, 11) is 0. The Morgan fingerprint density at radius 1 is 1.21 bits per heavy atom. The molecule has 0 bridgehead atoms. The van der Waals surface area contributed by atoms with Gasteiger partial charge in [0, 0.05) is 14.7 Å². The van der Waals surface area contributed by atoms with Gasteiger partial charge in [-0.15, -0.1) is 0 Å². The molecular formula is C16H20Br2O. The van der Waals surface area contributed by atoms with Crippen LogP contribution < -0.4 is 4.74 Å². The molecule has 2 aliphatic carbocycles. The fourth-order valence-electron chi connectivity index (χ4n) is 3.56. The maximum Gasteiger partial charge on any atom is 0.120 e. The van der Waals surface area contributed by atoms with Gasteiger partial charge in [-0.1, -0.05) is 51.1 Å². The van der Waals surface area contributed by atoms with Crippen molar-refractivity contribution >= 4 is 31.9 Å². The molecule has 1 aromatic carbocycles. The lowest BCUT2D eigenvalue weighted by Crippen LogP contribution is -2.57. The molecule has 2 unspecified atom stereocenters. The molecule has 3 rings (SSSR count). The fourth-order valence-corrected chi connectivity index (χ4v) is 4.90. The third kappa shape index (κ3) is 2.49. The number of benzene rings is 1. The van der Waals surface area contributed by atoms with E-state index in [-0.39, 0.29) is 0 Å². The van der Waals surface area contributed by atoms with Crippen LogP contribution in [0.3, 0.4) is 0 Å². The predicted octanol–water partition coefficient (Wildman–Crippen LogP) is 5.62. The number of hydrogen-bond donors (Lipinski definition) is 0. The minimum Gasteiger partial charge on any atom is -0.490 e. The molecule has 3 heteroatoms. The molecule has 0 heterocycles. The average Bonchev–Trinajstić information content (AvgIpc) is 2.43. The van der Waals surface area contributed by atoms with Gasteiger partial charge in [0.1, 0.15) is 11.9 Å². The van der Waals surface area contributed by atoms with Crippen molar-refractivity contribution in [2.75, 3.05) is 0 Å². The van der Waals surface area contributed by atoms with Gasteiger partial charge in [-0.05, 0) is 49.9 Å². The molecule has 1 spiro atoms. The van der Waals surface area contributed by atoms with Crippen LogP contribution in [0.4, 0.5) is 0 Å². The summed E-state index contributed by atoms with van der Waals surface area (Å²) in [4.78, 5) is 0.654. The van der Waals surface area contributed by atoms with Crippen LogP contribution in [0.1, 0.15) is 44.1 Å². The highest BCUT2D eigenvalue weighted by molar-refractivity contribution is 9.10. The second-order valence-corrected chi connectivity index (χ2v) is 7.97. The Balaban J connectivity index is 1.74. The van der Waals surface area contributed by atoms with E-state index in [4.69, 9.17) is 4.74 Å². The van der Waals surface area contributed by atoms with Crippen LogP contribution >= 0.6 is 31.9 Å². The molecule has 2 aliphatic rings. The highest BCUT2D eigenvalue weighted by atomic mass is 79.9. The molecule has 0 aromatic heterocycles. The Kier molecular flexibility index (Phi) is 3.96. The van der Waals surface area contributed by atoms with Gasteiger partial charge in [-0.3, -0.25) is 0 Å². The molecule has 0 radical (unpaired) electrons. The largest absolute Gasteiger partial charge is 0.490 e. The summed E-state index contributed by atoms with van der Waals surface area (Å²) in [6.07, 6.45) is 8.31. The summed E-state index contributed by atoms with van der Waals surface area (Å²) in [5.74, 6) is 1.02. The molecule has 1 nitrogen and oxygen atoms in total. The molecule has 2 fully saturated rings. The van der Waals surface area contributed by atoms with Crippen LogP contribution in [0.5, 0.6) is 5.75 Å². The Bertz CT molecular complexity index is 466. The number of aryl methyl sites for hydroxylation is 1. The normalized spacial score (nSPS) is 29.0. The minimum absolute atomic E-state index is 0.401. The summed E-state index contributed by atoms with van der Waals surface area (Å²) in [5, 5.41) is 0. The second kappa shape index (κ2) is 5.40. The molecular weight excluding hydrogens is 368 g/mol. The Labute approximate surface area is 132 Å². The van der Waals surface area contributed by atoms with Gasteiger partial charge < -0.3 is 4.74 Å². The third-order valence-corrected chi connectivity index (χ3v) is 7.05. The number of ether oxygens (including phenoxy) is 1. The lowest BCUT2D eigenvalue weighted by molar-refractivity contribution is -0.0601. The zero-order chi connectivity index (χ0) is 13.5. The SMILES string of the molecule is Cc1cc(OC2CC(Br)C23CCCCC3)ccc1Br. The molecule has 2 saturated carbocycles. The van der Waals surface area contributed by atoms with Crippen LogP contribution in [0, 0.1) is 12.3 Å². The molecule has 104 valence electrons. The Morgan fingerprint density at radius 2 is 1.95 bits per heavy atom. The third-order valence-electron chi connectivity index (χ3n) is 4.88. The topological polar surface area (TPSA) is 9.23 Å². The van der Waals surface area contributed by atoms with Crippen LogP contribution in [0.15, 0.2) is 22.7 Å². The van der Waals surface area contributed by atoms with Crippen molar-refractivity contribution in [1.82, 2.24) is 0 Å². The number of rotatable bonds is 2. The van der Waals surface area contributed by atoms with Crippen molar-refractivity contribution in [2.45, 2.75) is 56.4 Å². The van der Waals surface area contributed by atoms with Gasteiger partial charge in [0.2, 0.25) is 0 Å². The average molecular weight is 388 g/mol. The first-order chi connectivity index (χ1) is 9.12. The lowest BCUT2D eigenvalue weighted by Gasteiger charge is -2.55. The zero-order valence-corrected chi connectivity index (χ0v) is 14.5. The van der Waals surface area contributed by atoms with E-state index in [1.54, 1.807) is 0 Å². The van der Waals surface area contributed by atoms with E-state index in [9.17, 15) is 0 Å². The van der Waals surface area contributed by atoms with Crippen molar-refractivity contribution in [3.63, 3.8) is 0 Å². The Morgan fingerprint density at radius 3 is 2.58 bits per heavy atom. The van der Waals surface area contributed by atoms with E-state index in [2.05, 4.69) is 57.0 Å². The van der Waals surface area contributed by atoms with Gasteiger partial charge in [0.15, 0.2) is 0 Å². The first-order valence-corrected chi connectivity index (χ1v) is 8.89. The summed E-state index contributed by atoms with van der Waals surface area (Å²) < 4.78 is 7.45. The summed E-state index contributed by atoms with van der Waals surface area (Å²) in [6, 6.07) is 6.31. The van der Waals surface area contributed by atoms with Crippen LogP contribution in [0.25, 0.3) is 0 Å². The Hall–Kier alpha value is -0.0200. The quantitative estimate of drug-likeness (QED) is 0.598. The highest BCUT2D eigenvalue weighted by Crippen LogP contribution is 2.56. The van der Waals surface area contributed by atoms with Gasteiger partial charge in [-0.2, -0.15) is 0 Å². The van der Waals surface area contributed by atoms with Crippen LogP contribution in [-0.4, -0.2) is 10.9 Å². The summed E-state index contributed by atoms with van der Waals surface area (Å²) >= 11 is 7.41. The van der Waals surface area contributed by atoms with Gasteiger partial charge >= 0.3 is 0 Å².